The quantitative estimate of drug-likeness (QED) is 0.796. The van der Waals surface area contributed by atoms with Crippen molar-refractivity contribution < 1.29 is 5.11 Å². The van der Waals surface area contributed by atoms with Crippen LogP contribution in [-0.4, -0.2) is 21.5 Å². The topological polar surface area (TPSA) is 20.2 Å². The highest BCUT2D eigenvalue weighted by Gasteiger charge is 2.52. The highest BCUT2D eigenvalue weighted by atomic mass is 32.4. The predicted octanol–water partition coefficient (Wildman–Crippen LogP) is 3.50. The van der Waals surface area contributed by atoms with Crippen molar-refractivity contribution in [3.8, 4) is 0 Å². The summed E-state index contributed by atoms with van der Waals surface area (Å²) in [4.78, 5) is 0. The lowest BCUT2D eigenvalue weighted by atomic mass is 9.95. The highest BCUT2D eigenvalue weighted by molar-refractivity contribution is 8.19. The van der Waals surface area contributed by atoms with Crippen LogP contribution >= 0.6 is 6.04 Å². The molecular formula is C15H23OPS. The predicted molar refractivity (Wildman–Crippen MR) is 83.8 cm³/mol. The Morgan fingerprint density at radius 2 is 1.50 bits per heavy atom. The number of benzene rings is 1. The summed E-state index contributed by atoms with van der Waals surface area (Å²) in [7, 11) is 0. The van der Waals surface area contributed by atoms with Crippen molar-refractivity contribution in [2.75, 3.05) is 0 Å². The van der Waals surface area contributed by atoms with Crippen molar-refractivity contribution >= 4 is 23.1 Å². The fourth-order valence-electron chi connectivity index (χ4n) is 3.64. The van der Waals surface area contributed by atoms with E-state index in [1.807, 2.05) is 6.07 Å². The van der Waals surface area contributed by atoms with Crippen LogP contribution in [0.5, 0.6) is 0 Å². The standard InChI is InChI=1S/C15H23OPS/c1-14(2)10-12(16)11-15(3,4)17(14,18)13-8-6-5-7-9-13/h5-9,12,16H,10-11H2,1-4H3. The van der Waals surface area contributed by atoms with E-state index < -0.39 is 6.04 Å². The molecule has 0 unspecified atom stereocenters. The van der Waals surface area contributed by atoms with E-state index >= 15 is 0 Å². The molecule has 1 aliphatic rings. The Morgan fingerprint density at radius 1 is 1.06 bits per heavy atom. The van der Waals surface area contributed by atoms with E-state index in [1.165, 1.54) is 5.30 Å². The van der Waals surface area contributed by atoms with E-state index in [4.69, 9.17) is 11.8 Å². The van der Waals surface area contributed by atoms with Crippen LogP contribution in [0.4, 0.5) is 0 Å². The maximum absolute atomic E-state index is 10.1. The van der Waals surface area contributed by atoms with E-state index in [2.05, 4.69) is 52.0 Å². The number of aliphatic hydroxyl groups excluding tert-OH is 1. The average molecular weight is 282 g/mol. The minimum Gasteiger partial charge on any atom is -0.393 e. The molecule has 2 rings (SSSR count). The van der Waals surface area contributed by atoms with Crippen molar-refractivity contribution in [1.82, 2.24) is 0 Å². The molecule has 1 nitrogen and oxygen atoms in total. The van der Waals surface area contributed by atoms with Gasteiger partial charge in [0.05, 0.1) is 6.10 Å². The summed E-state index contributed by atoms with van der Waals surface area (Å²) >= 11 is 6.25. The normalized spacial score (nSPS) is 34.2. The number of rotatable bonds is 1. The molecule has 0 saturated carbocycles. The molecule has 0 amide bonds. The molecule has 1 aromatic rings. The number of aliphatic hydroxyl groups is 1. The molecule has 0 aliphatic carbocycles. The van der Waals surface area contributed by atoms with E-state index in [0.29, 0.717) is 0 Å². The van der Waals surface area contributed by atoms with Gasteiger partial charge in [0.2, 0.25) is 0 Å². The molecule has 1 heterocycles. The lowest BCUT2D eigenvalue weighted by Gasteiger charge is -2.54. The van der Waals surface area contributed by atoms with Gasteiger partial charge in [0.1, 0.15) is 0 Å². The average Bonchev–Trinajstić information content (AvgIpc) is 2.25. The Balaban J connectivity index is 2.61. The van der Waals surface area contributed by atoms with Gasteiger partial charge in [0.25, 0.3) is 0 Å². The number of hydrogen-bond acceptors (Lipinski definition) is 2. The Hall–Kier alpha value is -0.170. The second kappa shape index (κ2) is 4.44. The molecule has 0 bridgehead atoms. The fourth-order valence-corrected chi connectivity index (χ4v) is 9.02. The maximum atomic E-state index is 10.1. The molecule has 3 heteroatoms. The van der Waals surface area contributed by atoms with Gasteiger partial charge < -0.3 is 5.11 Å². The first-order chi connectivity index (χ1) is 8.21. The minimum atomic E-state index is -1.74. The summed E-state index contributed by atoms with van der Waals surface area (Å²) in [6, 6.07) is 8.84. The molecule has 0 aromatic heterocycles. The Kier molecular flexibility index (Phi) is 3.51. The van der Waals surface area contributed by atoms with Crippen molar-refractivity contribution in [2.45, 2.75) is 57.0 Å². The van der Waals surface area contributed by atoms with Crippen LogP contribution in [0.2, 0.25) is 0 Å². The van der Waals surface area contributed by atoms with Crippen LogP contribution < -0.4 is 5.30 Å². The molecule has 18 heavy (non-hydrogen) atoms. The van der Waals surface area contributed by atoms with Gasteiger partial charge in [0.15, 0.2) is 0 Å². The van der Waals surface area contributed by atoms with Crippen LogP contribution in [0.15, 0.2) is 30.3 Å². The largest absolute Gasteiger partial charge is 0.393 e. The zero-order valence-electron chi connectivity index (χ0n) is 11.7. The van der Waals surface area contributed by atoms with Gasteiger partial charge in [-0.05, 0) is 24.2 Å². The van der Waals surface area contributed by atoms with Crippen LogP contribution in [0, 0.1) is 0 Å². The molecule has 0 radical (unpaired) electrons. The second-order valence-electron chi connectivity index (χ2n) is 6.63. The molecule has 100 valence electrons. The van der Waals surface area contributed by atoms with Gasteiger partial charge in [-0.3, -0.25) is 0 Å². The summed E-state index contributed by atoms with van der Waals surface area (Å²) in [5.41, 5.74) is 0. The van der Waals surface area contributed by atoms with E-state index in [9.17, 15) is 5.11 Å². The first kappa shape index (κ1) is 14.2. The van der Waals surface area contributed by atoms with Crippen molar-refractivity contribution in [3.63, 3.8) is 0 Å². The van der Waals surface area contributed by atoms with E-state index in [1.54, 1.807) is 0 Å². The lowest BCUT2D eigenvalue weighted by Crippen LogP contribution is -2.47. The maximum Gasteiger partial charge on any atom is 0.0558 e. The molecule has 1 saturated heterocycles. The third kappa shape index (κ3) is 1.99. The molecule has 1 fully saturated rings. The zero-order chi connectivity index (χ0) is 13.6. The third-order valence-corrected chi connectivity index (χ3v) is 12.7. The van der Waals surface area contributed by atoms with E-state index in [-0.39, 0.29) is 16.4 Å². The van der Waals surface area contributed by atoms with Gasteiger partial charge >= 0.3 is 0 Å². The third-order valence-electron chi connectivity index (χ3n) is 4.30. The SMILES string of the molecule is CC1(C)CC(O)CC(C)(C)P1(=S)c1ccccc1. The van der Waals surface area contributed by atoms with Crippen molar-refractivity contribution in [2.24, 2.45) is 0 Å². The van der Waals surface area contributed by atoms with Crippen molar-refractivity contribution in [3.05, 3.63) is 30.3 Å². The van der Waals surface area contributed by atoms with Gasteiger partial charge in [-0.25, -0.2) is 0 Å². The van der Waals surface area contributed by atoms with Crippen LogP contribution in [0.3, 0.4) is 0 Å². The summed E-state index contributed by atoms with van der Waals surface area (Å²) in [5.74, 6) is 0. The smallest absolute Gasteiger partial charge is 0.0558 e. The molecule has 0 spiro atoms. The minimum absolute atomic E-state index is 0.0187. The molecule has 1 aromatic carbocycles. The number of hydrogen-bond donors (Lipinski definition) is 1. The Morgan fingerprint density at radius 3 is 1.94 bits per heavy atom. The van der Waals surface area contributed by atoms with Gasteiger partial charge in [0, 0.05) is 10.3 Å². The van der Waals surface area contributed by atoms with Crippen LogP contribution in [0.25, 0.3) is 0 Å². The molecule has 0 atom stereocenters. The van der Waals surface area contributed by atoms with Crippen LogP contribution in [-0.2, 0) is 11.8 Å². The summed E-state index contributed by atoms with van der Waals surface area (Å²) in [5, 5.41) is 11.5. The zero-order valence-corrected chi connectivity index (χ0v) is 13.4. The highest BCUT2D eigenvalue weighted by Crippen LogP contribution is 2.71. The Labute approximate surface area is 116 Å². The summed E-state index contributed by atoms with van der Waals surface area (Å²) < 4.78 is 0. The van der Waals surface area contributed by atoms with Crippen LogP contribution in [0.1, 0.15) is 40.5 Å². The monoisotopic (exact) mass is 282 g/mol. The van der Waals surface area contributed by atoms with Gasteiger partial charge in [-0.15, -0.1) is 0 Å². The lowest BCUT2D eigenvalue weighted by molar-refractivity contribution is 0.124. The first-order valence-electron chi connectivity index (χ1n) is 6.55. The van der Waals surface area contributed by atoms with Gasteiger partial charge in [-0.2, -0.15) is 0 Å². The molecule has 1 aliphatic heterocycles. The van der Waals surface area contributed by atoms with Gasteiger partial charge in [-0.1, -0.05) is 69.8 Å². The molecular weight excluding hydrogens is 259 g/mol. The summed E-state index contributed by atoms with van der Waals surface area (Å²) in [6.45, 7) is 8.96. The van der Waals surface area contributed by atoms with E-state index in [0.717, 1.165) is 12.8 Å². The first-order valence-corrected chi connectivity index (χ1v) is 9.35. The fraction of sp³-hybridized carbons (Fsp3) is 0.600. The second-order valence-corrected chi connectivity index (χ2v) is 12.4. The molecule has 1 N–H and O–H groups in total. The van der Waals surface area contributed by atoms with Crippen molar-refractivity contribution in [1.29, 1.82) is 0 Å². The summed E-state index contributed by atoms with van der Waals surface area (Å²) in [6.07, 6.45) is 1.43. The Bertz CT molecular complexity index is 457.